The molecule has 2 rings (SSSR count). The van der Waals surface area contributed by atoms with E-state index >= 15 is 0 Å². The Morgan fingerprint density at radius 1 is 1.43 bits per heavy atom. The topological polar surface area (TPSA) is 84.2 Å². The van der Waals surface area contributed by atoms with Gasteiger partial charge in [0.1, 0.15) is 5.69 Å². The van der Waals surface area contributed by atoms with E-state index in [1.807, 2.05) is 20.9 Å². The lowest BCUT2D eigenvalue weighted by atomic mass is 9.93. The van der Waals surface area contributed by atoms with Gasteiger partial charge in [0.05, 0.1) is 12.0 Å². The van der Waals surface area contributed by atoms with Crippen LogP contribution in [0.25, 0.3) is 0 Å². The molecule has 21 heavy (non-hydrogen) atoms. The molecule has 0 unspecified atom stereocenters. The van der Waals surface area contributed by atoms with Crippen molar-refractivity contribution in [3.05, 3.63) is 17.5 Å². The van der Waals surface area contributed by atoms with Gasteiger partial charge in [-0.1, -0.05) is 26.7 Å². The summed E-state index contributed by atoms with van der Waals surface area (Å²) in [4.78, 5) is 23.5. The zero-order valence-electron chi connectivity index (χ0n) is 12.8. The van der Waals surface area contributed by atoms with Crippen LogP contribution < -0.4 is 5.32 Å². The van der Waals surface area contributed by atoms with Crippen LogP contribution in [0, 0.1) is 0 Å². The molecular formula is C15H23N3O3. The summed E-state index contributed by atoms with van der Waals surface area (Å²) in [5.74, 6) is -0.870. The molecule has 0 radical (unpaired) electrons. The molecule has 1 saturated carbocycles. The maximum atomic E-state index is 12.4. The van der Waals surface area contributed by atoms with Crippen LogP contribution in [0.4, 0.5) is 0 Å². The Morgan fingerprint density at radius 2 is 2.05 bits per heavy atom. The van der Waals surface area contributed by atoms with Crippen LogP contribution in [0.3, 0.4) is 0 Å². The fourth-order valence-corrected chi connectivity index (χ4v) is 3.13. The molecule has 6 heteroatoms. The summed E-state index contributed by atoms with van der Waals surface area (Å²) in [7, 11) is 1.81. The third kappa shape index (κ3) is 3.43. The van der Waals surface area contributed by atoms with Crippen molar-refractivity contribution >= 4 is 11.9 Å². The van der Waals surface area contributed by atoms with Gasteiger partial charge in [-0.15, -0.1) is 0 Å². The van der Waals surface area contributed by atoms with Crippen molar-refractivity contribution in [2.45, 2.75) is 57.4 Å². The zero-order chi connectivity index (χ0) is 15.6. The van der Waals surface area contributed by atoms with E-state index in [9.17, 15) is 9.59 Å². The highest BCUT2D eigenvalue weighted by Crippen LogP contribution is 2.33. The highest BCUT2D eigenvalue weighted by atomic mass is 16.4. The van der Waals surface area contributed by atoms with Gasteiger partial charge in [-0.05, 0) is 24.8 Å². The molecule has 0 aliphatic heterocycles. The van der Waals surface area contributed by atoms with E-state index in [0.717, 1.165) is 31.4 Å². The zero-order valence-corrected chi connectivity index (χ0v) is 12.8. The minimum absolute atomic E-state index is 0.0252. The first-order valence-corrected chi connectivity index (χ1v) is 7.41. The number of amides is 1. The lowest BCUT2D eigenvalue weighted by Crippen LogP contribution is -2.48. The van der Waals surface area contributed by atoms with E-state index in [1.165, 1.54) is 0 Å². The summed E-state index contributed by atoms with van der Waals surface area (Å²) in [5.41, 5.74) is 0.732. The minimum Gasteiger partial charge on any atom is -0.481 e. The van der Waals surface area contributed by atoms with E-state index < -0.39 is 11.5 Å². The van der Waals surface area contributed by atoms with Crippen LogP contribution >= 0.6 is 0 Å². The first kappa shape index (κ1) is 15.5. The van der Waals surface area contributed by atoms with E-state index in [0.29, 0.717) is 5.69 Å². The Labute approximate surface area is 124 Å². The number of carbonyl (C=O) groups is 2. The SMILES string of the molecule is CC(C)c1cc(C(=O)NC2(CC(=O)O)CCCC2)nn1C. The first-order chi connectivity index (χ1) is 9.83. The molecule has 1 aliphatic carbocycles. The molecule has 116 valence electrons. The van der Waals surface area contributed by atoms with Crippen molar-refractivity contribution in [2.75, 3.05) is 0 Å². The molecule has 0 aromatic carbocycles. The summed E-state index contributed by atoms with van der Waals surface area (Å²) < 4.78 is 1.71. The standard InChI is InChI=1S/C15H23N3O3/c1-10(2)12-8-11(17-18(12)3)14(21)16-15(9-13(19)20)6-4-5-7-15/h8,10H,4-7,9H2,1-3H3,(H,16,21)(H,19,20). The van der Waals surface area contributed by atoms with Crippen molar-refractivity contribution in [2.24, 2.45) is 7.05 Å². The van der Waals surface area contributed by atoms with Gasteiger partial charge < -0.3 is 10.4 Å². The molecular weight excluding hydrogens is 270 g/mol. The molecule has 1 aromatic heterocycles. The Balaban J connectivity index is 2.16. The van der Waals surface area contributed by atoms with Crippen molar-refractivity contribution in [1.82, 2.24) is 15.1 Å². The number of hydrogen-bond donors (Lipinski definition) is 2. The molecule has 1 amide bonds. The van der Waals surface area contributed by atoms with E-state index in [2.05, 4.69) is 10.4 Å². The summed E-state index contributed by atoms with van der Waals surface area (Å²) in [6.07, 6.45) is 3.31. The quantitative estimate of drug-likeness (QED) is 0.870. The third-order valence-corrected chi connectivity index (χ3v) is 4.17. The Bertz CT molecular complexity index is 542. The van der Waals surface area contributed by atoms with Gasteiger partial charge in [0.2, 0.25) is 0 Å². The van der Waals surface area contributed by atoms with Gasteiger partial charge in [-0.3, -0.25) is 14.3 Å². The predicted octanol–water partition coefficient (Wildman–Crippen LogP) is 2.06. The number of carboxylic acid groups (broad SMARTS) is 1. The summed E-state index contributed by atoms with van der Waals surface area (Å²) in [6, 6.07) is 1.78. The number of carboxylic acids is 1. The van der Waals surface area contributed by atoms with Gasteiger partial charge in [0.25, 0.3) is 5.91 Å². The molecule has 0 atom stereocenters. The average Bonchev–Trinajstić information content (AvgIpc) is 2.95. The number of aryl methyl sites for hydroxylation is 1. The largest absolute Gasteiger partial charge is 0.481 e. The number of carbonyl (C=O) groups excluding carboxylic acids is 1. The number of nitrogens with one attached hydrogen (secondary N) is 1. The maximum absolute atomic E-state index is 12.4. The third-order valence-electron chi connectivity index (χ3n) is 4.17. The van der Waals surface area contributed by atoms with E-state index in [1.54, 1.807) is 10.7 Å². The maximum Gasteiger partial charge on any atom is 0.305 e. The number of aromatic nitrogens is 2. The smallest absolute Gasteiger partial charge is 0.305 e. The van der Waals surface area contributed by atoms with Gasteiger partial charge in [-0.25, -0.2) is 0 Å². The van der Waals surface area contributed by atoms with Crippen molar-refractivity contribution in [3.8, 4) is 0 Å². The van der Waals surface area contributed by atoms with Gasteiger partial charge in [-0.2, -0.15) is 5.10 Å². The second-order valence-electron chi connectivity index (χ2n) is 6.24. The highest BCUT2D eigenvalue weighted by molar-refractivity contribution is 5.93. The van der Waals surface area contributed by atoms with E-state index in [-0.39, 0.29) is 18.2 Å². The number of hydrogen-bond acceptors (Lipinski definition) is 3. The first-order valence-electron chi connectivity index (χ1n) is 7.41. The van der Waals surface area contributed by atoms with Crippen molar-refractivity contribution < 1.29 is 14.7 Å². The van der Waals surface area contributed by atoms with Gasteiger partial charge in [0.15, 0.2) is 0 Å². The fourth-order valence-electron chi connectivity index (χ4n) is 3.13. The average molecular weight is 293 g/mol. The number of nitrogens with zero attached hydrogens (tertiary/aromatic N) is 2. The summed E-state index contributed by atoms with van der Waals surface area (Å²) >= 11 is 0. The van der Waals surface area contributed by atoms with Crippen LogP contribution in [0.2, 0.25) is 0 Å². The number of rotatable bonds is 5. The summed E-state index contributed by atoms with van der Waals surface area (Å²) in [6.45, 7) is 4.09. The molecule has 1 heterocycles. The molecule has 0 bridgehead atoms. The van der Waals surface area contributed by atoms with Crippen LogP contribution in [-0.4, -0.2) is 32.3 Å². The molecule has 6 nitrogen and oxygen atoms in total. The van der Waals surface area contributed by atoms with Crippen LogP contribution in [0.1, 0.15) is 68.1 Å². The molecule has 1 aliphatic rings. The predicted molar refractivity (Wildman–Crippen MR) is 78.2 cm³/mol. The Hall–Kier alpha value is -1.85. The van der Waals surface area contributed by atoms with Gasteiger partial charge >= 0.3 is 5.97 Å². The second-order valence-corrected chi connectivity index (χ2v) is 6.24. The second kappa shape index (κ2) is 5.87. The molecule has 1 aromatic rings. The van der Waals surface area contributed by atoms with Crippen LogP contribution in [0.5, 0.6) is 0 Å². The van der Waals surface area contributed by atoms with Crippen molar-refractivity contribution in [3.63, 3.8) is 0 Å². The number of aliphatic carboxylic acids is 1. The van der Waals surface area contributed by atoms with Gasteiger partial charge in [0, 0.05) is 12.7 Å². The monoisotopic (exact) mass is 293 g/mol. The molecule has 0 spiro atoms. The molecule has 2 N–H and O–H groups in total. The normalized spacial score (nSPS) is 17.1. The van der Waals surface area contributed by atoms with E-state index in [4.69, 9.17) is 5.11 Å². The van der Waals surface area contributed by atoms with Crippen molar-refractivity contribution in [1.29, 1.82) is 0 Å². The Kier molecular flexibility index (Phi) is 4.34. The molecule has 0 saturated heterocycles. The lowest BCUT2D eigenvalue weighted by Gasteiger charge is -2.28. The minimum atomic E-state index is -0.874. The lowest BCUT2D eigenvalue weighted by molar-refractivity contribution is -0.138. The highest BCUT2D eigenvalue weighted by Gasteiger charge is 2.38. The van der Waals surface area contributed by atoms with Crippen LogP contribution in [-0.2, 0) is 11.8 Å². The fraction of sp³-hybridized carbons (Fsp3) is 0.667. The Morgan fingerprint density at radius 3 is 2.52 bits per heavy atom. The van der Waals surface area contributed by atoms with Crippen LogP contribution in [0.15, 0.2) is 6.07 Å². The molecule has 1 fully saturated rings. The summed E-state index contributed by atoms with van der Waals surface area (Å²) in [5, 5.41) is 16.2.